The first-order chi connectivity index (χ1) is 5.25. The summed E-state index contributed by atoms with van der Waals surface area (Å²) >= 11 is 0. The number of unbranched alkanes of at least 4 members (excludes halogenated alkanes) is 1. The van der Waals surface area contributed by atoms with Crippen molar-refractivity contribution >= 4 is 0 Å². The highest BCUT2D eigenvalue weighted by Gasteiger charge is 2.27. The molecule has 1 unspecified atom stereocenters. The molecule has 0 radical (unpaired) electrons. The van der Waals surface area contributed by atoms with Crippen LogP contribution in [-0.2, 0) is 0 Å². The Bertz CT molecular complexity index is 116. The van der Waals surface area contributed by atoms with Crippen LogP contribution in [-0.4, -0.2) is 29.3 Å². The van der Waals surface area contributed by atoms with Crippen molar-refractivity contribution in [3.05, 3.63) is 0 Å². The Morgan fingerprint density at radius 1 is 1.55 bits per heavy atom. The van der Waals surface area contributed by atoms with Gasteiger partial charge in [-0.25, -0.2) is 0 Å². The van der Waals surface area contributed by atoms with Gasteiger partial charge in [-0.3, -0.25) is 4.90 Å². The Kier molecular flexibility index (Phi) is 3.34. The predicted octanol–water partition coefficient (Wildman–Crippen LogP) is 1.45. The molecule has 2 heteroatoms. The maximum Gasteiger partial charge on any atom is 0.110 e. The van der Waals surface area contributed by atoms with Crippen molar-refractivity contribution in [1.29, 1.82) is 0 Å². The van der Waals surface area contributed by atoms with Crippen molar-refractivity contribution in [2.45, 2.75) is 39.3 Å². The number of hydrogen-bond donors (Lipinski definition) is 1. The van der Waals surface area contributed by atoms with E-state index in [-0.39, 0.29) is 6.23 Å². The Balaban J connectivity index is 2.24. The zero-order chi connectivity index (χ0) is 8.27. The standard InChI is InChI=1S/C9H19NO/c1-3-4-6-10-7-5-8(2)9(10)11/h8-9,11H,3-7H2,1-2H3/t8?,9-/m1/s1. The third-order valence-electron chi connectivity index (χ3n) is 2.55. The normalized spacial score (nSPS) is 33.0. The molecule has 0 spiro atoms. The number of aliphatic hydroxyl groups is 1. The number of hydrogen-bond acceptors (Lipinski definition) is 2. The van der Waals surface area contributed by atoms with Gasteiger partial charge < -0.3 is 5.11 Å². The van der Waals surface area contributed by atoms with E-state index in [2.05, 4.69) is 18.7 Å². The SMILES string of the molecule is CCCCN1CCC(C)[C@H]1O. The Morgan fingerprint density at radius 3 is 2.73 bits per heavy atom. The molecule has 11 heavy (non-hydrogen) atoms. The molecular formula is C9H19NO. The molecule has 0 aromatic rings. The zero-order valence-electron chi connectivity index (χ0n) is 7.58. The highest BCUT2D eigenvalue weighted by molar-refractivity contribution is 4.76. The van der Waals surface area contributed by atoms with Gasteiger partial charge in [0.2, 0.25) is 0 Å². The first-order valence-electron chi connectivity index (χ1n) is 4.67. The maximum atomic E-state index is 9.61. The second kappa shape index (κ2) is 4.07. The molecule has 1 N–H and O–H groups in total. The van der Waals surface area contributed by atoms with E-state index >= 15 is 0 Å². The summed E-state index contributed by atoms with van der Waals surface area (Å²) in [5.41, 5.74) is 0. The van der Waals surface area contributed by atoms with Crippen LogP contribution in [0.25, 0.3) is 0 Å². The van der Waals surface area contributed by atoms with Crippen molar-refractivity contribution in [3.8, 4) is 0 Å². The van der Waals surface area contributed by atoms with Crippen LogP contribution in [0.15, 0.2) is 0 Å². The number of aliphatic hydroxyl groups excluding tert-OH is 1. The summed E-state index contributed by atoms with van der Waals surface area (Å²) in [7, 11) is 0. The molecule has 2 atom stereocenters. The number of rotatable bonds is 3. The molecule has 1 rings (SSSR count). The van der Waals surface area contributed by atoms with Crippen LogP contribution >= 0.6 is 0 Å². The van der Waals surface area contributed by atoms with Crippen LogP contribution in [0.5, 0.6) is 0 Å². The van der Waals surface area contributed by atoms with Gasteiger partial charge in [-0.15, -0.1) is 0 Å². The summed E-state index contributed by atoms with van der Waals surface area (Å²) in [6, 6.07) is 0. The lowest BCUT2D eigenvalue weighted by Gasteiger charge is -2.21. The molecule has 0 aromatic carbocycles. The van der Waals surface area contributed by atoms with Crippen LogP contribution in [0.2, 0.25) is 0 Å². The molecule has 1 saturated heterocycles. The number of nitrogens with zero attached hydrogens (tertiary/aromatic N) is 1. The van der Waals surface area contributed by atoms with Crippen molar-refractivity contribution in [2.75, 3.05) is 13.1 Å². The van der Waals surface area contributed by atoms with Crippen LogP contribution < -0.4 is 0 Å². The van der Waals surface area contributed by atoms with Gasteiger partial charge in [0.25, 0.3) is 0 Å². The average molecular weight is 157 g/mol. The van der Waals surface area contributed by atoms with E-state index in [1.54, 1.807) is 0 Å². The van der Waals surface area contributed by atoms with Crippen LogP contribution in [0.4, 0.5) is 0 Å². The Hall–Kier alpha value is -0.0800. The summed E-state index contributed by atoms with van der Waals surface area (Å²) in [6.07, 6.45) is 3.42. The van der Waals surface area contributed by atoms with Gasteiger partial charge in [0, 0.05) is 13.1 Å². The molecule has 2 nitrogen and oxygen atoms in total. The van der Waals surface area contributed by atoms with Crippen LogP contribution in [0.3, 0.4) is 0 Å². The van der Waals surface area contributed by atoms with Crippen LogP contribution in [0.1, 0.15) is 33.1 Å². The fraction of sp³-hybridized carbons (Fsp3) is 1.00. The highest BCUT2D eigenvalue weighted by Crippen LogP contribution is 2.21. The highest BCUT2D eigenvalue weighted by atomic mass is 16.3. The first-order valence-corrected chi connectivity index (χ1v) is 4.67. The Morgan fingerprint density at radius 2 is 2.27 bits per heavy atom. The lowest BCUT2D eigenvalue weighted by atomic mass is 10.1. The molecule has 1 aliphatic heterocycles. The van der Waals surface area contributed by atoms with Gasteiger partial charge in [-0.05, 0) is 18.8 Å². The van der Waals surface area contributed by atoms with E-state index < -0.39 is 0 Å². The molecular weight excluding hydrogens is 138 g/mol. The smallest absolute Gasteiger partial charge is 0.110 e. The van der Waals surface area contributed by atoms with Gasteiger partial charge in [-0.2, -0.15) is 0 Å². The monoisotopic (exact) mass is 157 g/mol. The van der Waals surface area contributed by atoms with E-state index in [1.165, 1.54) is 12.8 Å². The minimum Gasteiger partial charge on any atom is -0.378 e. The summed E-state index contributed by atoms with van der Waals surface area (Å²) in [4.78, 5) is 2.19. The summed E-state index contributed by atoms with van der Waals surface area (Å²) in [6.45, 7) is 6.47. The van der Waals surface area contributed by atoms with E-state index in [0.29, 0.717) is 5.92 Å². The lowest BCUT2D eigenvalue weighted by molar-refractivity contribution is 0.0120. The molecule has 0 bridgehead atoms. The van der Waals surface area contributed by atoms with Crippen molar-refractivity contribution < 1.29 is 5.11 Å². The largest absolute Gasteiger partial charge is 0.378 e. The molecule has 1 fully saturated rings. The van der Waals surface area contributed by atoms with Gasteiger partial charge in [-0.1, -0.05) is 20.3 Å². The average Bonchev–Trinajstić information content (AvgIpc) is 2.31. The molecule has 1 heterocycles. The second-order valence-corrected chi connectivity index (χ2v) is 3.57. The first kappa shape index (κ1) is 9.01. The van der Waals surface area contributed by atoms with Crippen molar-refractivity contribution in [2.24, 2.45) is 5.92 Å². The van der Waals surface area contributed by atoms with Crippen molar-refractivity contribution in [1.82, 2.24) is 4.90 Å². The van der Waals surface area contributed by atoms with Crippen LogP contribution in [0, 0.1) is 5.92 Å². The fourth-order valence-corrected chi connectivity index (χ4v) is 1.62. The zero-order valence-corrected chi connectivity index (χ0v) is 7.58. The minimum atomic E-state index is -0.165. The van der Waals surface area contributed by atoms with Gasteiger partial charge in [0.15, 0.2) is 0 Å². The molecule has 66 valence electrons. The number of likely N-dealkylation sites (tertiary alicyclic amines) is 1. The van der Waals surface area contributed by atoms with E-state index in [0.717, 1.165) is 19.5 Å². The quantitative estimate of drug-likeness (QED) is 0.670. The van der Waals surface area contributed by atoms with E-state index in [4.69, 9.17) is 0 Å². The van der Waals surface area contributed by atoms with Gasteiger partial charge in [0.05, 0.1) is 0 Å². The third-order valence-corrected chi connectivity index (χ3v) is 2.55. The van der Waals surface area contributed by atoms with E-state index in [9.17, 15) is 5.11 Å². The topological polar surface area (TPSA) is 23.5 Å². The molecule has 0 amide bonds. The molecule has 0 saturated carbocycles. The fourth-order valence-electron chi connectivity index (χ4n) is 1.62. The summed E-state index contributed by atoms with van der Waals surface area (Å²) in [5.74, 6) is 0.479. The summed E-state index contributed by atoms with van der Waals surface area (Å²) < 4.78 is 0. The minimum absolute atomic E-state index is 0.165. The Labute approximate surface area is 69.2 Å². The lowest BCUT2D eigenvalue weighted by Crippen LogP contribution is -2.32. The third kappa shape index (κ3) is 2.17. The summed E-state index contributed by atoms with van der Waals surface area (Å²) in [5, 5.41) is 9.61. The van der Waals surface area contributed by atoms with Gasteiger partial charge >= 0.3 is 0 Å². The molecule has 0 aromatic heterocycles. The molecule has 0 aliphatic carbocycles. The predicted molar refractivity (Wildman–Crippen MR) is 46.3 cm³/mol. The molecule has 1 aliphatic rings. The van der Waals surface area contributed by atoms with Gasteiger partial charge in [0.1, 0.15) is 6.23 Å². The second-order valence-electron chi connectivity index (χ2n) is 3.57. The maximum absolute atomic E-state index is 9.61. The van der Waals surface area contributed by atoms with Crippen molar-refractivity contribution in [3.63, 3.8) is 0 Å². The van der Waals surface area contributed by atoms with E-state index in [1.807, 2.05) is 0 Å².